The van der Waals surface area contributed by atoms with E-state index in [1.165, 1.54) is 6.07 Å². The van der Waals surface area contributed by atoms with Crippen LogP contribution in [-0.4, -0.2) is 10.7 Å². The fourth-order valence-electron chi connectivity index (χ4n) is 1.27. The molecule has 0 N–H and O–H groups in total. The van der Waals surface area contributed by atoms with E-state index in [4.69, 9.17) is 23.2 Å². The fraction of sp³-hybridized carbons (Fsp3) is 0.300. The number of halogens is 2. The number of carbonyl (C=O) groups is 1. The monoisotopic (exact) mass is 261 g/mol. The van der Waals surface area contributed by atoms with Gasteiger partial charge in [-0.2, -0.15) is 0 Å². The van der Waals surface area contributed by atoms with Crippen LogP contribution < -0.4 is 0 Å². The maximum Gasteiger partial charge on any atom is 0.290 e. The van der Waals surface area contributed by atoms with Crippen molar-refractivity contribution in [3.63, 3.8) is 0 Å². The van der Waals surface area contributed by atoms with Gasteiger partial charge >= 0.3 is 0 Å². The van der Waals surface area contributed by atoms with Crippen molar-refractivity contribution in [1.82, 2.24) is 0 Å². The van der Waals surface area contributed by atoms with Crippen LogP contribution in [0.25, 0.3) is 0 Å². The predicted octanol–water partition coefficient (Wildman–Crippen LogP) is 3.88. The molecule has 0 aliphatic carbocycles. The quantitative estimate of drug-likeness (QED) is 0.470. The van der Waals surface area contributed by atoms with Crippen LogP contribution in [0.1, 0.15) is 30.1 Å². The third kappa shape index (κ3) is 2.71. The molecule has 0 aliphatic rings. The number of nitrogens with zero attached hydrogens (tertiary/aromatic N) is 1. The molecule has 0 spiro atoms. The molecule has 1 aromatic rings. The highest BCUT2D eigenvalue weighted by atomic mass is 35.5. The number of hydrogen-bond donors (Lipinski definition) is 0. The van der Waals surface area contributed by atoms with Crippen molar-refractivity contribution in [2.75, 3.05) is 0 Å². The maximum absolute atomic E-state index is 11.6. The average molecular weight is 262 g/mol. The number of Topliss-reactive ketones (excluding diaryl/α,β-unsaturated/α-hetero) is 1. The van der Waals surface area contributed by atoms with E-state index >= 15 is 0 Å². The summed E-state index contributed by atoms with van der Waals surface area (Å²) in [5.74, 6) is -0.238. The zero-order valence-corrected chi connectivity index (χ0v) is 10.0. The first-order chi connectivity index (χ1) is 7.47. The molecule has 1 aromatic carbocycles. The lowest BCUT2D eigenvalue weighted by Crippen LogP contribution is -2.01. The van der Waals surface area contributed by atoms with E-state index < -0.39 is 4.92 Å². The summed E-state index contributed by atoms with van der Waals surface area (Å²) in [5, 5.41) is 10.6. The van der Waals surface area contributed by atoms with Crippen LogP contribution in [0.2, 0.25) is 10.0 Å². The Hall–Kier alpha value is -1.13. The molecule has 16 heavy (non-hydrogen) atoms. The number of carbonyl (C=O) groups excluding carboxylic acids is 1. The minimum Gasteiger partial charge on any atom is -0.294 e. The normalized spacial score (nSPS) is 10.2. The van der Waals surface area contributed by atoms with Gasteiger partial charge in [0.2, 0.25) is 0 Å². The number of nitro benzene ring substituents is 1. The second-order valence-electron chi connectivity index (χ2n) is 3.22. The fourth-order valence-corrected chi connectivity index (χ4v) is 1.77. The molecule has 0 aromatic heterocycles. The van der Waals surface area contributed by atoms with E-state index in [2.05, 4.69) is 0 Å². The number of hydrogen-bond acceptors (Lipinski definition) is 3. The van der Waals surface area contributed by atoms with Crippen LogP contribution in [0.15, 0.2) is 12.1 Å². The largest absolute Gasteiger partial charge is 0.294 e. The molecule has 0 radical (unpaired) electrons. The molecule has 1 rings (SSSR count). The number of benzene rings is 1. The Morgan fingerprint density at radius 2 is 2.06 bits per heavy atom. The molecular weight excluding hydrogens is 253 g/mol. The SMILES string of the molecule is CCCC(=O)c1cc(Cl)cc([N+](=O)[O-])c1Cl. The zero-order valence-electron chi connectivity index (χ0n) is 8.50. The van der Waals surface area contributed by atoms with Crippen LogP contribution in [0.5, 0.6) is 0 Å². The minimum absolute atomic E-state index is 0.114. The Balaban J connectivity index is 3.29. The summed E-state index contributed by atoms with van der Waals surface area (Å²) in [6.45, 7) is 1.84. The molecule has 0 heterocycles. The molecule has 86 valence electrons. The third-order valence-electron chi connectivity index (χ3n) is 1.99. The van der Waals surface area contributed by atoms with E-state index in [1.807, 2.05) is 6.92 Å². The molecule has 0 amide bonds. The molecule has 0 saturated heterocycles. The van der Waals surface area contributed by atoms with E-state index in [0.717, 1.165) is 6.07 Å². The van der Waals surface area contributed by atoms with E-state index in [9.17, 15) is 14.9 Å². The molecule has 0 unspecified atom stereocenters. The van der Waals surface area contributed by atoms with Gasteiger partial charge in [0, 0.05) is 23.1 Å². The van der Waals surface area contributed by atoms with Crippen LogP contribution in [-0.2, 0) is 0 Å². The highest BCUT2D eigenvalue weighted by molar-refractivity contribution is 6.37. The molecule has 0 bridgehead atoms. The first-order valence-corrected chi connectivity index (χ1v) is 5.39. The van der Waals surface area contributed by atoms with E-state index in [1.54, 1.807) is 0 Å². The van der Waals surface area contributed by atoms with Crippen LogP contribution in [0.3, 0.4) is 0 Å². The Bertz CT molecular complexity index is 446. The van der Waals surface area contributed by atoms with Crippen molar-refractivity contribution in [2.24, 2.45) is 0 Å². The van der Waals surface area contributed by atoms with Crippen molar-refractivity contribution < 1.29 is 9.72 Å². The molecule has 0 aliphatic heterocycles. The van der Waals surface area contributed by atoms with Gasteiger partial charge in [0.15, 0.2) is 5.78 Å². The van der Waals surface area contributed by atoms with Gasteiger partial charge in [-0.05, 0) is 12.5 Å². The van der Waals surface area contributed by atoms with Crippen molar-refractivity contribution >= 4 is 34.7 Å². The third-order valence-corrected chi connectivity index (χ3v) is 2.61. The highest BCUT2D eigenvalue weighted by Gasteiger charge is 2.21. The van der Waals surface area contributed by atoms with Crippen molar-refractivity contribution in [1.29, 1.82) is 0 Å². The van der Waals surface area contributed by atoms with Crippen molar-refractivity contribution in [2.45, 2.75) is 19.8 Å². The number of ketones is 1. The summed E-state index contributed by atoms with van der Waals surface area (Å²) in [6, 6.07) is 2.49. The van der Waals surface area contributed by atoms with Gasteiger partial charge in [-0.15, -0.1) is 0 Å². The lowest BCUT2D eigenvalue weighted by atomic mass is 10.1. The Labute approximate surface area is 102 Å². The lowest BCUT2D eigenvalue weighted by molar-refractivity contribution is -0.384. The predicted molar refractivity (Wildman–Crippen MR) is 62.4 cm³/mol. The summed E-state index contributed by atoms with van der Waals surface area (Å²) in [6.07, 6.45) is 0.937. The molecule has 0 fully saturated rings. The first kappa shape index (κ1) is 12.9. The zero-order chi connectivity index (χ0) is 12.3. The molecular formula is C10H9Cl2NO3. The second kappa shape index (κ2) is 5.27. The minimum atomic E-state index is -0.656. The highest BCUT2D eigenvalue weighted by Crippen LogP contribution is 2.32. The average Bonchev–Trinajstić information content (AvgIpc) is 2.20. The Morgan fingerprint density at radius 1 is 1.44 bits per heavy atom. The summed E-state index contributed by atoms with van der Waals surface area (Å²) in [7, 11) is 0. The number of nitro groups is 1. The van der Waals surface area contributed by atoms with Crippen LogP contribution >= 0.6 is 23.2 Å². The van der Waals surface area contributed by atoms with Crippen molar-refractivity contribution in [3.05, 3.63) is 37.9 Å². The topological polar surface area (TPSA) is 60.2 Å². The van der Waals surface area contributed by atoms with Crippen LogP contribution in [0.4, 0.5) is 5.69 Å². The van der Waals surface area contributed by atoms with Gasteiger partial charge in [-0.1, -0.05) is 30.1 Å². The summed E-state index contributed by atoms with van der Waals surface area (Å²) < 4.78 is 0. The van der Waals surface area contributed by atoms with Gasteiger partial charge in [0.25, 0.3) is 5.69 Å². The van der Waals surface area contributed by atoms with Gasteiger partial charge in [-0.3, -0.25) is 14.9 Å². The van der Waals surface area contributed by atoms with Crippen molar-refractivity contribution in [3.8, 4) is 0 Å². The van der Waals surface area contributed by atoms with Gasteiger partial charge in [0.1, 0.15) is 5.02 Å². The second-order valence-corrected chi connectivity index (χ2v) is 4.03. The molecule has 4 nitrogen and oxygen atoms in total. The van der Waals surface area contributed by atoms with Crippen LogP contribution in [0, 0.1) is 10.1 Å². The summed E-state index contributed by atoms with van der Waals surface area (Å²) in [5.41, 5.74) is -0.226. The summed E-state index contributed by atoms with van der Waals surface area (Å²) in [4.78, 5) is 21.6. The molecule has 0 atom stereocenters. The van der Waals surface area contributed by atoms with Gasteiger partial charge in [-0.25, -0.2) is 0 Å². The van der Waals surface area contributed by atoms with Gasteiger partial charge < -0.3 is 0 Å². The standard InChI is InChI=1S/C10H9Cl2NO3/c1-2-3-9(14)7-4-6(11)5-8(10(7)12)13(15)16/h4-5H,2-3H2,1H3. The van der Waals surface area contributed by atoms with Gasteiger partial charge in [0.05, 0.1) is 4.92 Å². The molecule has 6 heteroatoms. The first-order valence-electron chi connectivity index (χ1n) is 4.64. The van der Waals surface area contributed by atoms with E-state index in [0.29, 0.717) is 6.42 Å². The molecule has 0 saturated carbocycles. The summed E-state index contributed by atoms with van der Waals surface area (Å²) >= 11 is 11.5. The van der Waals surface area contributed by atoms with E-state index in [-0.39, 0.29) is 33.5 Å². The Kier molecular flexibility index (Phi) is 4.26. The Morgan fingerprint density at radius 3 is 2.56 bits per heavy atom. The smallest absolute Gasteiger partial charge is 0.290 e. The lowest BCUT2D eigenvalue weighted by Gasteiger charge is -2.04. The number of rotatable bonds is 4. The maximum atomic E-state index is 11.6.